The SMILES string of the molecule is C=CC(=O)OCOc1ccc(N)cc1. The van der Waals surface area contributed by atoms with Gasteiger partial charge in [0.1, 0.15) is 5.75 Å². The Balaban J connectivity index is 2.35. The zero-order valence-electron chi connectivity index (χ0n) is 7.60. The van der Waals surface area contributed by atoms with Gasteiger partial charge in [-0.25, -0.2) is 4.79 Å². The number of nitrogens with two attached hydrogens (primary N) is 1. The van der Waals surface area contributed by atoms with Gasteiger partial charge in [0, 0.05) is 11.8 Å². The average molecular weight is 193 g/mol. The van der Waals surface area contributed by atoms with Crippen molar-refractivity contribution in [1.82, 2.24) is 0 Å². The van der Waals surface area contributed by atoms with Crippen LogP contribution >= 0.6 is 0 Å². The predicted octanol–water partition coefficient (Wildman–Crippen LogP) is 1.33. The Hall–Kier alpha value is -1.97. The summed E-state index contributed by atoms with van der Waals surface area (Å²) < 4.78 is 9.70. The molecule has 0 aromatic heterocycles. The van der Waals surface area contributed by atoms with Crippen LogP contribution in [0.3, 0.4) is 0 Å². The molecule has 0 bridgehead atoms. The molecular formula is C10H11NO3. The van der Waals surface area contributed by atoms with E-state index in [9.17, 15) is 4.79 Å². The fourth-order valence-electron chi connectivity index (χ4n) is 0.779. The first-order valence-electron chi connectivity index (χ1n) is 4.00. The number of esters is 1. The highest BCUT2D eigenvalue weighted by molar-refractivity contribution is 5.81. The Morgan fingerprint density at radius 1 is 1.43 bits per heavy atom. The van der Waals surface area contributed by atoms with Crippen molar-refractivity contribution in [2.24, 2.45) is 0 Å². The maximum Gasteiger partial charge on any atom is 0.333 e. The monoisotopic (exact) mass is 193 g/mol. The summed E-state index contributed by atoms with van der Waals surface area (Å²) in [4.78, 5) is 10.6. The predicted molar refractivity (Wildman–Crippen MR) is 52.6 cm³/mol. The lowest BCUT2D eigenvalue weighted by atomic mass is 10.3. The molecule has 1 rings (SSSR count). The molecule has 4 heteroatoms. The molecule has 0 unspecified atom stereocenters. The third kappa shape index (κ3) is 3.18. The Labute approximate surface area is 81.9 Å². The standard InChI is InChI=1S/C10H11NO3/c1-2-10(12)14-7-13-9-5-3-8(11)4-6-9/h2-6H,1,7,11H2. The van der Waals surface area contributed by atoms with E-state index in [0.29, 0.717) is 11.4 Å². The molecule has 0 spiro atoms. The number of carbonyl (C=O) groups excluding carboxylic acids is 1. The zero-order valence-corrected chi connectivity index (χ0v) is 7.60. The topological polar surface area (TPSA) is 61.5 Å². The second-order valence-electron chi connectivity index (χ2n) is 2.50. The van der Waals surface area contributed by atoms with Crippen LogP contribution in [-0.2, 0) is 9.53 Å². The smallest absolute Gasteiger partial charge is 0.333 e. The summed E-state index contributed by atoms with van der Waals surface area (Å²) >= 11 is 0. The van der Waals surface area contributed by atoms with Gasteiger partial charge in [0.25, 0.3) is 0 Å². The van der Waals surface area contributed by atoms with Crippen molar-refractivity contribution >= 4 is 11.7 Å². The van der Waals surface area contributed by atoms with E-state index in [0.717, 1.165) is 6.08 Å². The highest BCUT2D eigenvalue weighted by atomic mass is 16.7. The van der Waals surface area contributed by atoms with Gasteiger partial charge < -0.3 is 15.2 Å². The molecule has 0 aliphatic rings. The highest BCUT2D eigenvalue weighted by Crippen LogP contribution is 2.12. The Kier molecular flexibility index (Phi) is 3.55. The third-order valence-electron chi connectivity index (χ3n) is 1.47. The van der Waals surface area contributed by atoms with Crippen molar-refractivity contribution in [1.29, 1.82) is 0 Å². The van der Waals surface area contributed by atoms with Crippen LogP contribution in [0, 0.1) is 0 Å². The van der Waals surface area contributed by atoms with Crippen molar-refractivity contribution in [3.8, 4) is 5.75 Å². The van der Waals surface area contributed by atoms with Crippen molar-refractivity contribution < 1.29 is 14.3 Å². The Morgan fingerprint density at radius 3 is 2.64 bits per heavy atom. The first-order chi connectivity index (χ1) is 6.72. The first-order valence-corrected chi connectivity index (χ1v) is 4.00. The molecular weight excluding hydrogens is 182 g/mol. The largest absolute Gasteiger partial charge is 0.457 e. The van der Waals surface area contributed by atoms with Gasteiger partial charge in [-0.05, 0) is 24.3 Å². The summed E-state index contributed by atoms with van der Waals surface area (Å²) in [5.41, 5.74) is 6.12. The van der Waals surface area contributed by atoms with Gasteiger partial charge in [-0.15, -0.1) is 0 Å². The van der Waals surface area contributed by atoms with E-state index in [1.807, 2.05) is 0 Å². The molecule has 0 aliphatic heterocycles. The van der Waals surface area contributed by atoms with E-state index in [2.05, 4.69) is 11.3 Å². The van der Waals surface area contributed by atoms with Gasteiger partial charge >= 0.3 is 5.97 Å². The molecule has 4 nitrogen and oxygen atoms in total. The van der Waals surface area contributed by atoms with E-state index in [-0.39, 0.29) is 6.79 Å². The molecule has 0 heterocycles. The summed E-state index contributed by atoms with van der Waals surface area (Å²) in [7, 11) is 0. The molecule has 2 N–H and O–H groups in total. The van der Waals surface area contributed by atoms with Crippen LogP contribution in [0.5, 0.6) is 5.75 Å². The summed E-state index contributed by atoms with van der Waals surface area (Å²) in [5, 5.41) is 0. The number of hydrogen-bond acceptors (Lipinski definition) is 4. The highest BCUT2D eigenvalue weighted by Gasteiger charge is 1.96. The molecule has 74 valence electrons. The van der Waals surface area contributed by atoms with Crippen LogP contribution < -0.4 is 10.5 Å². The fraction of sp³-hybridized carbons (Fsp3) is 0.100. The number of benzene rings is 1. The second-order valence-corrected chi connectivity index (χ2v) is 2.50. The van der Waals surface area contributed by atoms with Gasteiger partial charge in [0.15, 0.2) is 0 Å². The number of carbonyl (C=O) groups is 1. The Morgan fingerprint density at radius 2 is 2.07 bits per heavy atom. The van der Waals surface area contributed by atoms with E-state index >= 15 is 0 Å². The van der Waals surface area contributed by atoms with Gasteiger partial charge in [0.05, 0.1) is 0 Å². The molecule has 1 aromatic rings. The van der Waals surface area contributed by atoms with Crippen LogP contribution in [-0.4, -0.2) is 12.8 Å². The molecule has 1 aromatic carbocycles. The fourth-order valence-corrected chi connectivity index (χ4v) is 0.779. The number of anilines is 1. The van der Waals surface area contributed by atoms with Crippen LogP contribution in [0.4, 0.5) is 5.69 Å². The van der Waals surface area contributed by atoms with E-state index in [4.69, 9.17) is 10.5 Å². The maximum absolute atomic E-state index is 10.6. The van der Waals surface area contributed by atoms with Gasteiger partial charge in [-0.2, -0.15) is 0 Å². The summed E-state index contributed by atoms with van der Waals surface area (Å²) in [6.07, 6.45) is 1.08. The molecule has 0 atom stereocenters. The normalized spacial score (nSPS) is 9.14. The van der Waals surface area contributed by atoms with Crippen molar-refractivity contribution in [2.75, 3.05) is 12.5 Å². The van der Waals surface area contributed by atoms with Gasteiger partial charge in [-0.3, -0.25) is 0 Å². The van der Waals surface area contributed by atoms with Gasteiger partial charge in [0.2, 0.25) is 6.79 Å². The molecule has 0 saturated carbocycles. The Bertz CT molecular complexity index is 319. The lowest BCUT2D eigenvalue weighted by molar-refractivity contribution is -0.144. The lowest BCUT2D eigenvalue weighted by Gasteiger charge is -2.05. The van der Waals surface area contributed by atoms with Gasteiger partial charge in [-0.1, -0.05) is 6.58 Å². The van der Waals surface area contributed by atoms with E-state index in [1.54, 1.807) is 24.3 Å². The van der Waals surface area contributed by atoms with E-state index < -0.39 is 5.97 Å². The van der Waals surface area contributed by atoms with Crippen molar-refractivity contribution in [3.05, 3.63) is 36.9 Å². The zero-order chi connectivity index (χ0) is 10.4. The minimum atomic E-state index is -0.513. The number of ether oxygens (including phenoxy) is 2. The van der Waals surface area contributed by atoms with Crippen molar-refractivity contribution in [2.45, 2.75) is 0 Å². The maximum atomic E-state index is 10.6. The molecule has 0 radical (unpaired) electrons. The summed E-state index contributed by atoms with van der Waals surface area (Å²) in [6.45, 7) is 3.12. The average Bonchev–Trinajstić information content (AvgIpc) is 2.21. The van der Waals surface area contributed by atoms with Crippen LogP contribution in [0.2, 0.25) is 0 Å². The molecule has 0 amide bonds. The quantitative estimate of drug-likeness (QED) is 0.339. The molecule has 0 saturated heterocycles. The lowest BCUT2D eigenvalue weighted by Crippen LogP contribution is -2.07. The third-order valence-corrected chi connectivity index (χ3v) is 1.47. The molecule has 0 aliphatic carbocycles. The molecule has 0 fully saturated rings. The first kappa shape index (κ1) is 10.1. The van der Waals surface area contributed by atoms with Crippen LogP contribution in [0.15, 0.2) is 36.9 Å². The van der Waals surface area contributed by atoms with Crippen molar-refractivity contribution in [3.63, 3.8) is 0 Å². The summed E-state index contributed by atoms with van der Waals surface area (Å²) in [5.74, 6) is 0.0801. The van der Waals surface area contributed by atoms with Crippen LogP contribution in [0.25, 0.3) is 0 Å². The minimum absolute atomic E-state index is 0.130. The summed E-state index contributed by atoms with van der Waals surface area (Å²) in [6, 6.07) is 6.78. The number of rotatable bonds is 4. The molecule has 14 heavy (non-hydrogen) atoms. The second kappa shape index (κ2) is 4.91. The van der Waals surface area contributed by atoms with E-state index in [1.165, 1.54) is 0 Å². The minimum Gasteiger partial charge on any atom is -0.457 e. The number of hydrogen-bond donors (Lipinski definition) is 1. The van der Waals surface area contributed by atoms with Crippen LogP contribution in [0.1, 0.15) is 0 Å². The number of nitrogen functional groups attached to an aromatic ring is 1.